The molecule has 0 unspecified atom stereocenters. The SMILES string of the molecule is Cc1ccc(C(=O)NC(=Cc2ccc([N+](=O)[O-])cc2)C(=O)N2CCC(C)CC2)cc1. The highest BCUT2D eigenvalue weighted by atomic mass is 16.6. The number of non-ortho nitro benzene ring substituents is 1. The maximum atomic E-state index is 13.1. The summed E-state index contributed by atoms with van der Waals surface area (Å²) in [5.41, 5.74) is 2.21. The summed E-state index contributed by atoms with van der Waals surface area (Å²) in [5.74, 6) is -0.0547. The highest BCUT2D eigenvalue weighted by Gasteiger charge is 2.24. The van der Waals surface area contributed by atoms with Gasteiger partial charge in [-0.1, -0.05) is 24.6 Å². The minimum Gasteiger partial charge on any atom is -0.337 e. The van der Waals surface area contributed by atoms with E-state index in [1.165, 1.54) is 12.1 Å². The molecule has 0 saturated carbocycles. The van der Waals surface area contributed by atoms with Gasteiger partial charge in [0.1, 0.15) is 5.70 Å². The summed E-state index contributed by atoms with van der Waals surface area (Å²) in [6.07, 6.45) is 3.40. The van der Waals surface area contributed by atoms with Crippen molar-refractivity contribution in [2.75, 3.05) is 13.1 Å². The summed E-state index contributed by atoms with van der Waals surface area (Å²) in [6, 6.07) is 13.0. The van der Waals surface area contributed by atoms with E-state index in [0.29, 0.717) is 30.1 Å². The van der Waals surface area contributed by atoms with E-state index < -0.39 is 4.92 Å². The number of aryl methyl sites for hydroxylation is 1. The highest BCUT2D eigenvalue weighted by molar-refractivity contribution is 6.05. The first-order valence-electron chi connectivity index (χ1n) is 9.97. The summed E-state index contributed by atoms with van der Waals surface area (Å²) in [5, 5.41) is 13.6. The van der Waals surface area contributed by atoms with E-state index in [1.54, 1.807) is 35.2 Å². The molecule has 7 nitrogen and oxygen atoms in total. The number of amides is 2. The average Bonchev–Trinajstić information content (AvgIpc) is 2.74. The van der Waals surface area contributed by atoms with Gasteiger partial charge in [0.25, 0.3) is 17.5 Å². The quantitative estimate of drug-likeness (QED) is 0.462. The Bertz CT molecular complexity index is 957. The predicted octanol–water partition coefficient (Wildman–Crippen LogP) is 3.93. The molecule has 1 heterocycles. The molecule has 0 spiro atoms. The second-order valence-electron chi connectivity index (χ2n) is 7.70. The molecule has 1 N–H and O–H groups in total. The van der Waals surface area contributed by atoms with Crippen molar-refractivity contribution in [2.45, 2.75) is 26.7 Å². The molecule has 0 aromatic heterocycles. The van der Waals surface area contributed by atoms with Crippen LogP contribution in [-0.2, 0) is 4.79 Å². The molecule has 1 aliphatic heterocycles. The Kier molecular flexibility index (Phi) is 6.61. The van der Waals surface area contributed by atoms with Gasteiger partial charge in [0.2, 0.25) is 0 Å². The summed E-state index contributed by atoms with van der Waals surface area (Å²) in [4.78, 5) is 38.0. The standard InChI is InChI=1S/C23H25N3O4/c1-16-3-7-19(8-4-16)22(27)24-21(23(28)25-13-11-17(2)12-14-25)15-18-5-9-20(10-6-18)26(29)30/h3-10,15,17H,11-14H2,1-2H3,(H,24,27). The fraction of sp³-hybridized carbons (Fsp3) is 0.304. The third-order valence-corrected chi connectivity index (χ3v) is 5.28. The van der Waals surface area contributed by atoms with E-state index in [9.17, 15) is 19.7 Å². The normalized spacial score (nSPS) is 15.0. The van der Waals surface area contributed by atoms with Crippen LogP contribution in [0.1, 0.15) is 41.3 Å². The van der Waals surface area contributed by atoms with Crippen LogP contribution in [0.2, 0.25) is 0 Å². The lowest BCUT2D eigenvalue weighted by molar-refractivity contribution is -0.384. The monoisotopic (exact) mass is 407 g/mol. The second-order valence-corrected chi connectivity index (χ2v) is 7.70. The van der Waals surface area contributed by atoms with Gasteiger partial charge in [0.15, 0.2) is 0 Å². The number of rotatable bonds is 5. The van der Waals surface area contributed by atoms with Crippen molar-refractivity contribution in [1.82, 2.24) is 10.2 Å². The molecular formula is C23H25N3O4. The summed E-state index contributed by atoms with van der Waals surface area (Å²) < 4.78 is 0. The van der Waals surface area contributed by atoms with Crippen molar-refractivity contribution >= 4 is 23.6 Å². The molecule has 1 aliphatic rings. The van der Waals surface area contributed by atoms with E-state index in [-0.39, 0.29) is 23.2 Å². The van der Waals surface area contributed by atoms with Gasteiger partial charge in [0, 0.05) is 30.8 Å². The maximum Gasteiger partial charge on any atom is 0.270 e. The largest absolute Gasteiger partial charge is 0.337 e. The first kappa shape index (κ1) is 21.2. The maximum absolute atomic E-state index is 13.1. The zero-order valence-corrected chi connectivity index (χ0v) is 17.1. The Morgan fingerprint density at radius 1 is 1.07 bits per heavy atom. The zero-order chi connectivity index (χ0) is 21.7. The smallest absolute Gasteiger partial charge is 0.270 e. The second kappa shape index (κ2) is 9.35. The van der Waals surface area contributed by atoms with Gasteiger partial charge in [-0.2, -0.15) is 0 Å². The summed E-state index contributed by atoms with van der Waals surface area (Å²) >= 11 is 0. The van der Waals surface area contributed by atoms with E-state index in [4.69, 9.17) is 0 Å². The number of carbonyl (C=O) groups excluding carboxylic acids is 2. The van der Waals surface area contributed by atoms with Crippen LogP contribution < -0.4 is 5.32 Å². The Balaban J connectivity index is 1.87. The summed E-state index contributed by atoms with van der Waals surface area (Å²) in [7, 11) is 0. The third kappa shape index (κ3) is 5.31. The number of nitro benzene ring substituents is 1. The highest BCUT2D eigenvalue weighted by Crippen LogP contribution is 2.19. The molecule has 30 heavy (non-hydrogen) atoms. The predicted molar refractivity (Wildman–Crippen MR) is 115 cm³/mol. The molecule has 7 heteroatoms. The number of hydrogen-bond donors (Lipinski definition) is 1. The lowest BCUT2D eigenvalue weighted by Gasteiger charge is -2.31. The van der Waals surface area contributed by atoms with Crippen molar-refractivity contribution in [1.29, 1.82) is 0 Å². The Morgan fingerprint density at radius 2 is 1.67 bits per heavy atom. The van der Waals surface area contributed by atoms with E-state index in [1.807, 2.05) is 19.1 Å². The van der Waals surface area contributed by atoms with Crippen LogP contribution in [0.4, 0.5) is 5.69 Å². The third-order valence-electron chi connectivity index (χ3n) is 5.28. The first-order valence-corrected chi connectivity index (χ1v) is 9.97. The van der Waals surface area contributed by atoms with Crippen molar-refractivity contribution in [3.8, 4) is 0 Å². The lowest BCUT2D eigenvalue weighted by Crippen LogP contribution is -2.42. The van der Waals surface area contributed by atoms with Gasteiger partial charge in [-0.3, -0.25) is 19.7 Å². The Labute approximate surface area is 175 Å². The van der Waals surface area contributed by atoms with Gasteiger partial charge >= 0.3 is 0 Å². The molecule has 2 aromatic carbocycles. The zero-order valence-electron chi connectivity index (χ0n) is 17.1. The fourth-order valence-electron chi connectivity index (χ4n) is 3.29. The van der Waals surface area contributed by atoms with E-state index in [0.717, 1.165) is 18.4 Å². The van der Waals surface area contributed by atoms with Crippen LogP contribution in [0, 0.1) is 23.0 Å². The van der Waals surface area contributed by atoms with Crippen molar-refractivity contribution in [2.24, 2.45) is 5.92 Å². The summed E-state index contributed by atoms with van der Waals surface area (Å²) in [6.45, 7) is 5.37. The van der Waals surface area contributed by atoms with E-state index in [2.05, 4.69) is 12.2 Å². The van der Waals surface area contributed by atoms with Gasteiger partial charge in [-0.15, -0.1) is 0 Å². The molecule has 156 valence electrons. The number of nitro groups is 1. The van der Waals surface area contributed by atoms with Crippen molar-refractivity contribution in [3.63, 3.8) is 0 Å². The average molecular weight is 407 g/mol. The molecule has 1 fully saturated rings. The molecule has 1 saturated heterocycles. The van der Waals surface area contributed by atoms with Crippen LogP contribution in [0.3, 0.4) is 0 Å². The molecular weight excluding hydrogens is 382 g/mol. The van der Waals surface area contributed by atoms with Crippen molar-refractivity contribution < 1.29 is 14.5 Å². The number of likely N-dealkylation sites (tertiary alicyclic amines) is 1. The molecule has 0 radical (unpaired) electrons. The van der Waals surface area contributed by atoms with Gasteiger partial charge in [-0.25, -0.2) is 0 Å². The van der Waals surface area contributed by atoms with E-state index >= 15 is 0 Å². The van der Waals surface area contributed by atoms with Crippen LogP contribution in [0.15, 0.2) is 54.2 Å². The van der Waals surface area contributed by atoms with Crippen molar-refractivity contribution in [3.05, 3.63) is 81.0 Å². The molecule has 0 aliphatic carbocycles. The van der Waals surface area contributed by atoms with Crippen LogP contribution >= 0.6 is 0 Å². The molecule has 2 amide bonds. The number of benzene rings is 2. The Hall–Kier alpha value is -3.48. The molecule has 3 rings (SSSR count). The molecule has 0 atom stereocenters. The van der Waals surface area contributed by atoms with Crippen LogP contribution in [-0.4, -0.2) is 34.7 Å². The molecule has 0 bridgehead atoms. The van der Waals surface area contributed by atoms with Gasteiger partial charge in [-0.05, 0) is 61.6 Å². The Morgan fingerprint density at radius 3 is 2.23 bits per heavy atom. The minimum absolute atomic E-state index is 0.0336. The fourth-order valence-corrected chi connectivity index (χ4v) is 3.29. The topological polar surface area (TPSA) is 92.5 Å². The van der Waals surface area contributed by atoms with Gasteiger partial charge in [0.05, 0.1) is 4.92 Å². The number of hydrogen-bond acceptors (Lipinski definition) is 4. The van der Waals surface area contributed by atoms with Gasteiger partial charge < -0.3 is 10.2 Å². The van der Waals surface area contributed by atoms with Crippen LogP contribution in [0.5, 0.6) is 0 Å². The number of piperidine rings is 1. The first-order chi connectivity index (χ1) is 14.3. The van der Waals surface area contributed by atoms with Crippen LogP contribution in [0.25, 0.3) is 6.08 Å². The number of carbonyl (C=O) groups is 2. The lowest BCUT2D eigenvalue weighted by atomic mass is 9.99. The minimum atomic E-state index is -0.479. The number of nitrogens with one attached hydrogen (secondary N) is 1. The molecule has 2 aromatic rings. The number of nitrogens with zero attached hydrogens (tertiary/aromatic N) is 2.